The molecule has 4 aromatic carbocycles. The Morgan fingerprint density at radius 2 is 1.38 bits per heavy atom. The minimum atomic E-state index is -1.10. The Labute approximate surface area is 383 Å². The lowest BCUT2D eigenvalue weighted by molar-refractivity contribution is -0.783. The van der Waals surface area contributed by atoms with Crippen LogP contribution < -0.4 is 16.0 Å². The van der Waals surface area contributed by atoms with Gasteiger partial charge in [0.2, 0.25) is 0 Å². The van der Waals surface area contributed by atoms with Crippen molar-refractivity contribution in [1.29, 1.82) is 0 Å². The molecule has 8 rings (SSSR count). The van der Waals surface area contributed by atoms with E-state index in [2.05, 4.69) is 20.9 Å². The Hall–Kier alpha value is -7.26. The summed E-state index contributed by atoms with van der Waals surface area (Å²) in [6.07, 6.45) is 2.46. The molecule has 0 radical (unpaired) electrons. The van der Waals surface area contributed by atoms with Gasteiger partial charge in [0.15, 0.2) is 6.04 Å². The molecule has 2 fully saturated rings. The van der Waals surface area contributed by atoms with Gasteiger partial charge in [0.25, 0.3) is 5.91 Å². The van der Waals surface area contributed by atoms with Crippen molar-refractivity contribution in [3.8, 4) is 22.6 Å². The number of H-pyrrole nitrogens is 1. The zero-order valence-electron chi connectivity index (χ0n) is 37.8. The number of rotatable bonds is 12. The van der Waals surface area contributed by atoms with Crippen molar-refractivity contribution in [2.45, 2.75) is 96.7 Å². The number of benzene rings is 4. The summed E-state index contributed by atoms with van der Waals surface area (Å²) in [6, 6.07) is 30.0. The van der Waals surface area contributed by atoms with E-state index < -0.39 is 46.8 Å². The van der Waals surface area contributed by atoms with Gasteiger partial charge in [-0.25, -0.2) is 24.2 Å². The molecular weight excluding hydrogens is 839 g/mol. The van der Waals surface area contributed by atoms with Gasteiger partial charge >= 0.3 is 24.1 Å². The molecule has 6 aromatic rings. The fourth-order valence-electron chi connectivity index (χ4n) is 9.06. The van der Waals surface area contributed by atoms with Crippen molar-refractivity contribution < 1.29 is 42.3 Å². The van der Waals surface area contributed by atoms with Gasteiger partial charge in [0, 0.05) is 41.6 Å². The molecule has 2 saturated heterocycles. The second-order valence-electron chi connectivity index (χ2n) is 17.5. The molecule has 2 aromatic heterocycles. The first-order valence-electron chi connectivity index (χ1n) is 22.6. The van der Waals surface area contributed by atoms with Gasteiger partial charge in [0.1, 0.15) is 29.3 Å². The SMILES string of the molecule is CC(C)OC(=O)N[C@@H](C(=O)N1CCC[C@H]1c1ncc(-c2ccc3oc(-c4ccc(NC(=O)[N+]5(C(=O)[C@H](NC(=O)OC(C)C)c6ccccc6)CCC[C@H]5C)cc4)cc3c2)[nH]1)c1ccccc1. The van der Waals surface area contributed by atoms with E-state index in [1.54, 1.807) is 75.2 Å². The molecule has 1 unspecified atom stereocenters. The third kappa shape index (κ3) is 9.57. The highest BCUT2D eigenvalue weighted by atomic mass is 16.6. The second kappa shape index (κ2) is 19.5. The van der Waals surface area contributed by atoms with Gasteiger partial charge in [-0.1, -0.05) is 60.7 Å². The topological polar surface area (TPSA) is 185 Å². The van der Waals surface area contributed by atoms with E-state index in [4.69, 9.17) is 18.9 Å². The largest absolute Gasteiger partial charge is 0.456 e. The Kier molecular flexibility index (Phi) is 13.4. The standard InChI is InChI=1S/C51H55N7O8/c1-31(2)64-50(62)55-44(35-15-8-6-9-16-35)47(59)57-26-12-19-41(57)46-52-30-40(54-46)37-22-25-42-38(28-37)29-43(66-42)34-20-23-39(24-21-34)53-49(61)58(27-13-14-33(58)5)48(60)45(36-17-10-7-11-18-36)56-51(63)65-32(3)4/h6-11,15-18,20-25,28-33,41,44-45H,12-14,19,26-27H2,1-5H3,(H3-,52,53,54,55,56,61,62,63)/p+1/t33-,41+,44-,45-,58?/m1/s1. The number of ether oxygens (including phenoxy) is 2. The van der Waals surface area contributed by atoms with Crippen molar-refractivity contribution in [2.24, 2.45) is 0 Å². The average molecular weight is 895 g/mol. The first kappa shape index (κ1) is 45.3. The number of amides is 6. The average Bonchev–Trinajstić information content (AvgIpc) is 4.14. The van der Waals surface area contributed by atoms with Gasteiger partial charge < -0.3 is 34.4 Å². The first-order valence-corrected chi connectivity index (χ1v) is 22.6. The van der Waals surface area contributed by atoms with E-state index in [1.807, 2.05) is 79.7 Å². The molecule has 5 atom stereocenters. The molecule has 0 bridgehead atoms. The number of furan rings is 1. The molecule has 0 saturated carbocycles. The van der Waals surface area contributed by atoms with Crippen LogP contribution in [0.15, 0.2) is 120 Å². The fraction of sp³-hybridized carbons (Fsp3) is 0.333. The number of aromatic amines is 1. The molecule has 2 aliphatic rings. The smallest absolute Gasteiger partial charge is 0.428 e. The number of imidazole rings is 1. The molecule has 15 nitrogen and oxygen atoms in total. The lowest BCUT2D eigenvalue weighted by Crippen LogP contribution is -2.63. The normalized spacial score (nSPS) is 19.1. The predicted octanol–water partition coefficient (Wildman–Crippen LogP) is 9.96. The lowest BCUT2D eigenvalue weighted by atomic mass is 10.0. The molecular formula is C51H56N7O8+. The number of alkyl carbamates (subject to hydrolysis) is 2. The van der Waals surface area contributed by atoms with Crippen LogP contribution in [0.25, 0.3) is 33.6 Å². The number of nitrogens with zero attached hydrogens (tertiary/aromatic N) is 3. The lowest BCUT2D eigenvalue weighted by Gasteiger charge is -2.35. The second-order valence-corrected chi connectivity index (χ2v) is 17.5. The fourth-order valence-corrected chi connectivity index (χ4v) is 9.06. The van der Waals surface area contributed by atoms with Gasteiger partial charge in [-0.2, -0.15) is 4.48 Å². The van der Waals surface area contributed by atoms with E-state index in [0.29, 0.717) is 66.3 Å². The number of aromatic nitrogens is 2. The van der Waals surface area contributed by atoms with E-state index in [0.717, 1.165) is 28.6 Å². The van der Waals surface area contributed by atoms with Crippen LogP contribution >= 0.6 is 0 Å². The summed E-state index contributed by atoms with van der Waals surface area (Å²) in [6.45, 7) is 9.67. The van der Waals surface area contributed by atoms with E-state index in [1.165, 1.54) is 0 Å². The van der Waals surface area contributed by atoms with Gasteiger partial charge in [-0.05, 0) is 107 Å². The molecule has 4 heterocycles. The third-order valence-electron chi connectivity index (χ3n) is 12.3. The maximum absolute atomic E-state index is 14.6. The third-order valence-corrected chi connectivity index (χ3v) is 12.3. The molecule has 0 aliphatic carbocycles. The number of carbonyl (C=O) groups is 5. The summed E-state index contributed by atoms with van der Waals surface area (Å²) in [4.78, 5) is 78.5. The van der Waals surface area contributed by atoms with Crippen LogP contribution in [0, 0.1) is 0 Å². The van der Waals surface area contributed by atoms with E-state index in [-0.39, 0.29) is 24.1 Å². The minimum Gasteiger partial charge on any atom is -0.456 e. The maximum Gasteiger partial charge on any atom is 0.428 e. The summed E-state index contributed by atoms with van der Waals surface area (Å²) in [5.74, 6) is 0.611. The van der Waals surface area contributed by atoms with Crippen molar-refractivity contribution >= 4 is 46.7 Å². The zero-order valence-corrected chi connectivity index (χ0v) is 37.8. The highest BCUT2D eigenvalue weighted by molar-refractivity contribution is 5.96. The van der Waals surface area contributed by atoms with Crippen LogP contribution in [0.4, 0.5) is 20.1 Å². The molecule has 342 valence electrons. The Bertz CT molecular complexity index is 2700. The summed E-state index contributed by atoms with van der Waals surface area (Å²) >= 11 is 0. The molecule has 4 N–H and O–H groups in total. The summed E-state index contributed by atoms with van der Waals surface area (Å²) in [5.41, 5.74) is 4.85. The Morgan fingerprint density at radius 3 is 2.00 bits per heavy atom. The van der Waals surface area contributed by atoms with Crippen LogP contribution in [0.3, 0.4) is 0 Å². The number of hydrogen-bond acceptors (Lipinski definition) is 9. The van der Waals surface area contributed by atoms with Crippen LogP contribution in [0.2, 0.25) is 0 Å². The zero-order chi connectivity index (χ0) is 46.5. The number of imide groups is 1. The number of likely N-dealkylation sites (tertiary alicyclic amines) is 2. The van der Waals surface area contributed by atoms with Crippen molar-refractivity contribution in [3.05, 3.63) is 132 Å². The number of urea groups is 1. The van der Waals surface area contributed by atoms with Gasteiger partial charge in [-0.3, -0.25) is 10.1 Å². The van der Waals surface area contributed by atoms with E-state index in [9.17, 15) is 24.0 Å². The van der Waals surface area contributed by atoms with Gasteiger partial charge in [-0.15, -0.1) is 0 Å². The molecule has 66 heavy (non-hydrogen) atoms. The number of fused-ring (bicyclic) bond motifs is 1. The first-order chi connectivity index (χ1) is 31.8. The van der Waals surface area contributed by atoms with E-state index >= 15 is 0 Å². The van der Waals surface area contributed by atoms with Crippen molar-refractivity contribution in [2.75, 3.05) is 18.4 Å². The number of anilines is 1. The van der Waals surface area contributed by atoms with Crippen molar-refractivity contribution in [3.63, 3.8) is 0 Å². The number of quaternary nitrogens is 1. The summed E-state index contributed by atoms with van der Waals surface area (Å²) < 4.78 is 16.5. The number of nitrogens with one attached hydrogen (secondary N) is 4. The molecule has 6 amide bonds. The Balaban J connectivity index is 0.968. The highest BCUT2D eigenvalue weighted by Gasteiger charge is 2.55. The minimum absolute atomic E-state index is 0.237. The molecule has 0 spiro atoms. The highest BCUT2D eigenvalue weighted by Crippen LogP contribution is 2.37. The summed E-state index contributed by atoms with van der Waals surface area (Å²) in [7, 11) is 0. The monoisotopic (exact) mass is 894 g/mol. The Morgan fingerprint density at radius 1 is 0.758 bits per heavy atom. The quantitative estimate of drug-likeness (QED) is 0.0868. The predicted molar refractivity (Wildman–Crippen MR) is 249 cm³/mol. The van der Waals surface area contributed by atoms with Crippen LogP contribution in [-0.2, 0) is 19.1 Å². The van der Waals surface area contributed by atoms with Crippen LogP contribution in [-0.4, -0.2) is 80.7 Å². The summed E-state index contributed by atoms with van der Waals surface area (Å²) in [5, 5.41) is 9.39. The maximum atomic E-state index is 14.6. The number of carbonyl (C=O) groups excluding carboxylic acids is 5. The van der Waals surface area contributed by atoms with Gasteiger partial charge in [0.05, 0.1) is 36.7 Å². The molecule has 15 heteroatoms. The van der Waals surface area contributed by atoms with Crippen LogP contribution in [0.5, 0.6) is 0 Å². The van der Waals surface area contributed by atoms with Crippen molar-refractivity contribution in [1.82, 2.24) is 25.5 Å². The van der Waals surface area contributed by atoms with Crippen LogP contribution in [0.1, 0.15) is 95.4 Å². The number of hydrogen-bond donors (Lipinski definition) is 4. The molecule has 2 aliphatic heterocycles.